The van der Waals surface area contributed by atoms with Crippen molar-refractivity contribution in [3.63, 3.8) is 0 Å². The summed E-state index contributed by atoms with van der Waals surface area (Å²) in [5, 5.41) is 4.80. The maximum atomic E-state index is 6.19. The highest BCUT2D eigenvalue weighted by molar-refractivity contribution is 6.42. The molecule has 1 aromatic rings. The monoisotopic (exact) mass is 313 g/mol. The SMILES string of the molecule is COC(C1CC1)C1CNCCC1c1ccc(Cl)c(Cl)c1. The molecule has 0 aromatic heterocycles. The number of hydrogen-bond acceptors (Lipinski definition) is 2. The van der Waals surface area contributed by atoms with Crippen LogP contribution in [0.15, 0.2) is 18.2 Å². The molecule has 1 aromatic carbocycles. The van der Waals surface area contributed by atoms with Crippen molar-refractivity contribution in [2.45, 2.75) is 31.3 Å². The Kier molecular flexibility index (Phi) is 4.56. The van der Waals surface area contributed by atoms with Crippen LogP contribution in [0.25, 0.3) is 0 Å². The normalized spacial score (nSPS) is 28.4. The first kappa shape index (κ1) is 14.6. The highest BCUT2D eigenvalue weighted by atomic mass is 35.5. The van der Waals surface area contributed by atoms with Gasteiger partial charge in [-0.3, -0.25) is 0 Å². The first-order chi connectivity index (χ1) is 9.70. The molecule has 0 amide bonds. The molecule has 1 saturated carbocycles. The molecule has 1 aliphatic carbocycles. The molecule has 20 heavy (non-hydrogen) atoms. The molecule has 110 valence electrons. The fraction of sp³-hybridized carbons (Fsp3) is 0.625. The molecule has 0 bridgehead atoms. The molecule has 1 heterocycles. The molecule has 4 heteroatoms. The van der Waals surface area contributed by atoms with Crippen molar-refractivity contribution in [1.29, 1.82) is 0 Å². The van der Waals surface area contributed by atoms with Crippen LogP contribution in [-0.2, 0) is 4.74 Å². The van der Waals surface area contributed by atoms with Gasteiger partial charge in [-0.05, 0) is 55.3 Å². The van der Waals surface area contributed by atoms with Gasteiger partial charge in [0.25, 0.3) is 0 Å². The van der Waals surface area contributed by atoms with E-state index in [4.69, 9.17) is 27.9 Å². The van der Waals surface area contributed by atoms with Crippen LogP contribution < -0.4 is 5.32 Å². The predicted octanol–water partition coefficient (Wildman–Crippen LogP) is 4.11. The Morgan fingerprint density at radius 2 is 2.00 bits per heavy atom. The number of methoxy groups -OCH3 is 1. The van der Waals surface area contributed by atoms with E-state index in [2.05, 4.69) is 11.4 Å². The zero-order chi connectivity index (χ0) is 14.1. The van der Waals surface area contributed by atoms with Crippen LogP contribution in [0.1, 0.15) is 30.7 Å². The Morgan fingerprint density at radius 3 is 2.65 bits per heavy atom. The standard InChI is InChI=1S/C16H21Cl2NO/c1-20-16(10-2-3-10)13-9-19-7-6-12(13)11-4-5-14(17)15(18)8-11/h4-5,8,10,12-13,16,19H,2-3,6-7,9H2,1H3. The van der Waals surface area contributed by atoms with Crippen molar-refractivity contribution in [1.82, 2.24) is 5.32 Å². The topological polar surface area (TPSA) is 21.3 Å². The minimum absolute atomic E-state index is 0.363. The summed E-state index contributed by atoms with van der Waals surface area (Å²) in [6.45, 7) is 2.09. The molecule has 3 rings (SSSR count). The number of rotatable bonds is 4. The lowest BCUT2D eigenvalue weighted by atomic mass is 9.77. The van der Waals surface area contributed by atoms with Gasteiger partial charge in [0.1, 0.15) is 0 Å². The van der Waals surface area contributed by atoms with E-state index in [1.54, 1.807) is 0 Å². The average molecular weight is 314 g/mol. The zero-order valence-electron chi connectivity index (χ0n) is 11.7. The first-order valence-corrected chi connectivity index (χ1v) is 8.14. The largest absolute Gasteiger partial charge is 0.381 e. The average Bonchev–Trinajstić information content (AvgIpc) is 3.28. The van der Waals surface area contributed by atoms with Gasteiger partial charge in [-0.25, -0.2) is 0 Å². The van der Waals surface area contributed by atoms with Crippen LogP contribution in [0, 0.1) is 11.8 Å². The maximum Gasteiger partial charge on any atom is 0.0645 e. The molecule has 3 unspecified atom stereocenters. The predicted molar refractivity (Wildman–Crippen MR) is 83.7 cm³/mol. The second kappa shape index (κ2) is 6.23. The van der Waals surface area contributed by atoms with E-state index in [-0.39, 0.29) is 0 Å². The molecule has 1 aliphatic heterocycles. The Labute approximate surface area is 130 Å². The van der Waals surface area contributed by atoms with Gasteiger partial charge in [0.05, 0.1) is 16.1 Å². The van der Waals surface area contributed by atoms with E-state index in [0.717, 1.165) is 25.4 Å². The van der Waals surface area contributed by atoms with Crippen molar-refractivity contribution in [2.24, 2.45) is 11.8 Å². The van der Waals surface area contributed by atoms with Crippen LogP contribution in [0.5, 0.6) is 0 Å². The number of halogens is 2. The quantitative estimate of drug-likeness (QED) is 0.903. The molecule has 2 aliphatic rings. The third kappa shape index (κ3) is 2.99. The fourth-order valence-corrected chi connectivity index (χ4v) is 3.83. The Morgan fingerprint density at radius 1 is 1.20 bits per heavy atom. The van der Waals surface area contributed by atoms with Crippen molar-refractivity contribution in [2.75, 3.05) is 20.2 Å². The van der Waals surface area contributed by atoms with E-state index >= 15 is 0 Å². The molecular weight excluding hydrogens is 293 g/mol. The molecule has 1 saturated heterocycles. The number of ether oxygens (including phenoxy) is 1. The highest BCUT2D eigenvalue weighted by Crippen LogP contribution is 2.44. The minimum atomic E-state index is 0.363. The summed E-state index contributed by atoms with van der Waals surface area (Å²) in [5.74, 6) is 1.78. The Balaban J connectivity index is 1.85. The van der Waals surface area contributed by atoms with Gasteiger partial charge in [0.2, 0.25) is 0 Å². The van der Waals surface area contributed by atoms with E-state index in [9.17, 15) is 0 Å². The smallest absolute Gasteiger partial charge is 0.0645 e. The summed E-state index contributed by atoms with van der Waals surface area (Å²) in [5.41, 5.74) is 1.30. The molecule has 2 fully saturated rings. The van der Waals surface area contributed by atoms with E-state index in [0.29, 0.717) is 28.0 Å². The number of hydrogen-bond donors (Lipinski definition) is 1. The van der Waals surface area contributed by atoms with Gasteiger partial charge in [-0.1, -0.05) is 29.3 Å². The molecule has 0 radical (unpaired) electrons. The van der Waals surface area contributed by atoms with Crippen LogP contribution in [0.4, 0.5) is 0 Å². The number of piperidine rings is 1. The summed E-state index contributed by atoms with van der Waals surface area (Å²) < 4.78 is 5.82. The summed E-state index contributed by atoms with van der Waals surface area (Å²) in [6.07, 6.45) is 4.11. The lowest BCUT2D eigenvalue weighted by Crippen LogP contribution is -2.43. The number of nitrogens with one attached hydrogen (secondary N) is 1. The lowest BCUT2D eigenvalue weighted by molar-refractivity contribution is 0.0165. The Bertz CT molecular complexity index is 476. The minimum Gasteiger partial charge on any atom is -0.381 e. The third-order valence-electron chi connectivity index (χ3n) is 4.68. The van der Waals surface area contributed by atoms with E-state index in [1.165, 1.54) is 18.4 Å². The van der Waals surface area contributed by atoms with Gasteiger partial charge in [-0.2, -0.15) is 0 Å². The van der Waals surface area contributed by atoms with Gasteiger partial charge >= 0.3 is 0 Å². The summed E-state index contributed by atoms with van der Waals surface area (Å²) in [7, 11) is 1.85. The van der Waals surface area contributed by atoms with E-state index in [1.807, 2.05) is 19.2 Å². The van der Waals surface area contributed by atoms with Crippen molar-refractivity contribution in [3.8, 4) is 0 Å². The second-order valence-corrected chi connectivity index (χ2v) is 6.79. The zero-order valence-corrected chi connectivity index (χ0v) is 13.3. The third-order valence-corrected chi connectivity index (χ3v) is 5.42. The van der Waals surface area contributed by atoms with E-state index < -0.39 is 0 Å². The molecule has 1 N–H and O–H groups in total. The summed E-state index contributed by atoms with van der Waals surface area (Å²) in [4.78, 5) is 0. The second-order valence-electron chi connectivity index (χ2n) is 5.97. The summed E-state index contributed by atoms with van der Waals surface area (Å²) in [6, 6.07) is 6.07. The summed E-state index contributed by atoms with van der Waals surface area (Å²) >= 11 is 12.2. The molecule has 2 nitrogen and oxygen atoms in total. The van der Waals surface area contributed by atoms with Gasteiger partial charge in [-0.15, -0.1) is 0 Å². The van der Waals surface area contributed by atoms with Gasteiger partial charge in [0.15, 0.2) is 0 Å². The molecular formula is C16H21Cl2NO. The first-order valence-electron chi connectivity index (χ1n) is 7.39. The highest BCUT2D eigenvalue weighted by Gasteiger charge is 2.41. The van der Waals surface area contributed by atoms with Crippen LogP contribution in [-0.4, -0.2) is 26.3 Å². The van der Waals surface area contributed by atoms with Crippen LogP contribution in [0.2, 0.25) is 10.0 Å². The van der Waals surface area contributed by atoms with Crippen molar-refractivity contribution < 1.29 is 4.74 Å². The van der Waals surface area contributed by atoms with Crippen LogP contribution in [0.3, 0.4) is 0 Å². The Hall–Kier alpha value is -0.280. The van der Waals surface area contributed by atoms with Crippen LogP contribution >= 0.6 is 23.2 Å². The lowest BCUT2D eigenvalue weighted by Gasteiger charge is -2.37. The molecule has 0 spiro atoms. The maximum absolute atomic E-state index is 6.19. The van der Waals surface area contributed by atoms with Gasteiger partial charge < -0.3 is 10.1 Å². The number of benzene rings is 1. The fourth-order valence-electron chi connectivity index (χ4n) is 3.53. The van der Waals surface area contributed by atoms with Crippen molar-refractivity contribution in [3.05, 3.63) is 33.8 Å². The van der Waals surface area contributed by atoms with Crippen molar-refractivity contribution >= 4 is 23.2 Å². The van der Waals surface area contributed by atoms with Gasteiger partial charge in [0, 0.05) is 19.6 Å². The molecule has 3 atom stereocenters.